The number of carbonyl (C=O) groups is 3. The van der Waals surface area contributed by atoms with Crippen LogP contribution in [0, 0.1) is 9.49 Å². The van der Waals surface area contributed by atoms with Gasteiger partial charge in [-0.3, -0.25) is 14.4 Å². The highest BCUT2D eigenvalue weighted by molar-refractivity contribution is 14.1. The van der Waals surface area contributed by atoms with E-state index in [1.165, 1.54) is 19.3 Å². The lowest BCUT2D eigenvalue weighted by atomic mass is 9.87. The molecule has 1 fully saturated rings. The summed E-state index contributed by atoms with van der Waals surface area (Å²) >= 11 is 14.5. The summed E-state index contributed by atoms with van der Waals surface area (Å²) in [6, 6.07) is 7.29. The number of benzene rings is 2. The molecule has 12 heteroatoms. The molecule has 0 saturated heterocycles. The molecular formula is C28H29Cl2IN2O7. The van der Waals surface area contributed by atoms with Crippen molar-refractivity contribution in [1.29, 1.82) is 0 Å². The Morgan fingerprint density at radius 1 is 1.23 bits per heavy atom. The van der Waals surface area contributed by atoms with Crippen molar-refractivity contribution in [2.75, 3.05) is 20.3 Å². The van der Waals surface area contributed by atoms with Crippen molar-refractivity contribution >= 4 is 63.9 Å². The van der Waals surface area contributed by atoms with E-state index < -0.39 is 24.2 Å². The first kappa shape index (κ1) is 30.6. The summed E-state index contributed by atoms with van der Waals surface area (Å²) in [5.74, 6) is -0.200. The maximum absolute atomic E-state index is 13.6. The van der Waals surface area contributed by atoms with Gasteiger partial charge in [0, 0.05) is 46.6 Å². The monoisotopic (exact) mass is 702 g/mol. The third kappa shape index (κ3) is 7.09. The number of nitrogens with zero attached hydrogens (tertiary/aromatic N) is 1. The van der Waals surface area contributed by atoms with Gasteiger partial charge in [-0.1, -0.05) is 29.3 Å². The van der Waals surface area contributed by atoms with Crippen LogP contribution in [0.15, 0.2) is 42.0 Å². The first-order chi connectivity index (χ1) is 19.2. The minimum Gasteiger partial charge on any atom is -0.493 e. The lowest BCUT2D eigenvalue weighted by molar-refractivity contribution is -0.140. The van der Waals surface area contributed by atoms with E-state index in [2.05, 4.69) is 5.32 Å². The van der Waals surface area contributed by atoms with Crippen molar-refractivity contribution in [3.63, 3.8) is 0 Å². The first-order valence-electron chi connectivity index (χ1n) is 12.7. The van der Waals surface area contributed by atoms with Gasteiger partial charge in [0.15, 0.2) is 11.5 Å². The fourth-order valence-corrected chi connectivity index (χ4v) is 5.82. The zero-order valence-electron chi connectivity index (χ0n) is 21.6. The molecule has 2 aromatic carbocycles. The summed E-state index contributed by atoms with van der Waals surface area (Å²) in [5.41, 5.74) is 1.32. The largest absolute Gasteiger partial charge is 0.493 e. The number of aliphatic hydroxyl groups is 2. The van der Waals surface area contributed by atoms with Crippen LogP contribution >= 0.6 is 45.8 Å². The number of carbonyl (C=O) groups excluding carboxylic acids is 3. The molecule has 0 aliphatic heterocycles. The molecule has 0 aromatic heterocycles. The van der Waals surface area contributed by atoms with Gasteiger partial charge in [-0.15, -0.1) is 0 Å². The van der Waals surface area contributed by atoms with Gasteiger partial charge >= 0.3 is 0 Å². The third-order valence-corrected chi connectivity index (χ3v) is 8.21. The first-order valence-corrected chi connectivity index (χ1v) is 14.5. The average molecular weight is 703 g/mol. The van der Waals surface area contributed by atoms with Gasteiger partial charge in [-0.05, 0) is 71.3 Å². The van der Waals surface area contributed by atoms with Crippen LogP contribution in [0.25, 0.3) is 0 Å². The van der Waals surface area contributed by atoms with Gasteiger partial charge in [-0.25, -0.2) is 0 Å². The molecule has 0 radical (unpaired) electrons. The molecule has 0 spiro atoms. The molecule has 40 heavy (non-hydrogen) atoms. The van der Waals surface area contributed by atoms with E-state index in [-0.39, 0.29) is 49.4 Å². The van der Waals surface area contributed by atoms with Crippen LogP contribution < -0.4 is 14.8 Å². The summed E-state index contributed by atoms with van der Waals surface area (Å²) in [6.45, 7) is -0.107. The zero-order chi connectivity index (χ0) is 29.0. The minimum atomic E-state index is -1.23. The second-order valence-electron chi connectivity index (χ2n) is 9.64. The van der Waals surface area contributed by atoms with Gasteiger partial charge in [0.2, 0.25) is 11.8 Å². The molecule has 4 rings (SSSR count). The van der Waals surface area contributed by atoms with Gasteiger partial charge in [0.25, 0.3) is 0 Å². The smallest absolute Gasteiger partial charge is 0.247 e. The van der Waals surface area contributed by atoms with Crippen molar-refractivity contribution in [3.8, 4) is 11.5 Å². The lowest BCUT2D eigenvalue weighted by Gasteiger charge is -2.41. The number of amides is 2. The Bertz CT molecular complexity index is 1320. The highest BCUT2D eigenvalue weighted by atomic mass is 127. The van der Waals surface area contributed by atoms with Crippen molar-refractivity contribution in [3.05, 3.63) is 66.7 Å². The highest BCUT2D eigenvalue weighted by Gasteiger charge is 2.44. The van der Waals surface area contributed by atoms with Crippen LogP contribution in [0.3, 0.4) is 0 Å². The van der Waals surface area contributed by atoms with Crippen LogP contribution in [0.4, 0.5) is 0 Å². The molecule has 1 saturated carbocycles. The highest BCUT2D eigenvalue weighted by Crippen LogP contribution is 2.39. The minimum absolute atomic E-state index is 0.0406. The third-order valence-electron chi connectivity index (χ3n) is 6.82. The molecule has 0 bridgehead atoms. The van der Waals surface area contributed by atoms with Crippen LogP contribution in [0.5, 0.6) is 11.5 Å². The molecular weight excluding hydrogens is 674 g/mol. The van der Waals surface area contributed by atoms with E-state index in [0.717, 1.165) is 12.8 Å². The summed E-state index contributed by atoms with van der Waals surface area (Å²) in [4.78, 5) is 39.5. The Balaban J connectivity index is 1.73. The fourth-order valence-electron chi connectivity index (χ4n) is 4.59. The summed E-state index contributed by atoms with van der Waals surface area (Å²) in [5, 5.41) is 24.3. The number of nitrogens with one attached hydrogen (secondary N) is 1. The maximum atomic E-state index is 13.6. The van der Waals surface area contributed by atoms with Crippen molar-refractivity contribution in [2.45, 2.75) is 44.1 Å². The molecule has 2 aliphatic carbocycles. The van der Waals surface area contributed by atoms with Gasteiger partial charge in [0.05, 0.1) is 23.3 Å². The molecule has 2 aromatic rings. The Morgan fingerprint density at radius 3 is 2.60 bits per heavy atom. The van der Waals surface area contributed by atoms with Crippen LogP contribution in [0.1, 0.15) is 35.2 Å². The van der Waals surface area contributed by atoms with Crippen molar-refractivity contribution < 1.29 is 34.1 Å². The Kier molecular flexibility index (Phi) is 10.3. The van der Waals surface area contributed by atoms with Crippen molar-refractivity contribution in [1.82, 2.24) is 10.2 Å². The number of halogens is 3. The number of ether oxygens (including phenoxy) is 2. The van der Waals surface area contributed by atoms with E-state index in [0.29, 0.717) is 36.6 Å². The molecule has 3 N–H and O–H groups in total. The summed E-state index contributed by atoms with van der Waals surface area (Å²) in [7, 11) is 1.43. The van der Waals surface area contributed by atoms with E-state index in [4.69, 9.17) is 32.7 Å². The van der Waals surface area contributed by atoms with Gasteiger partial charge in [0.1, 0.15) is 18.5 Å². The van der Waals surface area contributed by atoms with Gasteiger partial charge in [-0.2, -0.15) is 0 Å². The number of rotatable bonds is 11. The number of methoxy groups -OCH3 is 1. The quantitative estimate of drug-likeness (QED) is 0.241. The summed E-state index contributed by atoms with van der Waals surface area (Å²) in [6.07, 6.45) is 1.47. The van der Waals surface area contributed by atoms with Crippen molar-refractivity contribution in [2.24, 2.45) is 5.92 Å². The lowest BCUT2D eigenvalue weighted by Crippen LogP contribution is -2.55. The second-order valence-corrected chi connectivity index (χ2v) is 11.6. The van der Waals surface area contributed by atoms with E-state index in [9.17, 15) is 24.6 Å². The molecule has 0 unspecified atom stereocenters. The molecule has 214 valence electrons. The van der Waals surface area contributed by atoms with E-state index in [1.54, 1.807) is 29.2 Å². The normalized spacial score (nSPS) is 20.4. The predicted molar refractivity (Wildman–Crippen MR) is 158 cm³/mol. The SMILES string of the molecule is COc1cc(C=O)cc(I)c1O[C@H]1C=C(C(=O)NCCO)C[C@@H](N(Cc2ccc(Cl)cc2Cl)C(=O)C2CC2)[C@@H]1O. The van der Waals surface area contributed by atoms with Crippen LogP contribution in [0.2, 0.25) is 10.0 Å². The topological polar surface area (TPSA) is 125 Å². The van der Waals surface area contributed by atoms with Crippen LogP contribution in [-0.4, -0.2) is 71.7 Å². The zero-order valence-corrected chi connectivity index (χ0v) is 25.3. The van der Waals surface area contributed by atoms with E-state index in [1.807, 2.05) is 22.6 Å². The average Bonchev–Trinajstić information content (AvgIpc) is 3.78. The number of aldehydes is 1. The Labute approximate surface area is 255 Å². The van der Waals surface area contributed by atoms with E-state index >= 15 is 0 Å². The molecule has 2 aliphatic rings. The molecule has 2 amide bonds. The Hall–Kier alpha value is -2.38. The van der Waals surface area contributed by atoms with Crippen LogP contribution in [-0.2, 0) is 16.1 Å². The Morgan fingerprint density at radius 2 is 1.98 bits per heavy atom. The molecule has 0 heterocycles. The molecule has 9 nitrogen and oxygen atoms in total. The summed E-state index contributed by atoms with van der Waals surface area (Å²) < 4.78 is 12.2. The molecule has 3 atom stereocenters. The van der Waals surface area contributed by atoms with Gasteiger partial charge < -0.3 is 29.9 Å². The number of hydrogen-bond donors (Lipinski definition) is 3. The fraction of sp³-hybridized carbons (Fsp3) is 0.393. The number of hydrogen-bond acceptors (Lipinski definition) is 7. The maximum Gasteiger partial charge on any atom is 0.247 e. The predicted octanol–water partition coefficient (Wildman–Crippen LogP) is 3.77. The standard InChI is InChI=1S/C28H29Cl2IN2O7/c1-39-24-9-15(14-35)8-21(31)26(24)40-23-11-18(27(37)32-6-7-34)10-22(25(23)36)33(28(38)16-2-3-16)13-17-4-5-19(29)12-20(17)30/h4-5,8-9,11-12,14,16,22-23,25,34,36H,2-3,6-7,10,13H2,1H3,(H,32,37)/t22-,23+,25+/m1/s1. The second kappa shape index (κ2) is 13.5. The number of aliphatic hydroxyl groups excluding tert-OH is 2.